The first-order valence-corrected chi connectivity index (χ1v) is 18.5. The van der Waals surface area contributed by atoms with Crippen molar-refractivity contribution in [2.75, 3.05) is 0 Å². The van der Waals surface area contributed by atoms with Crippen LogP contribution in [0.25, 0.3) is 0 Å². The minimum absolute atomic E-state index is 0.282. The van der Waals surface area contributed by atoms with Crippen LogP contribution in [0, 0.1) is 5.41 Å². The molecule has 29 heavy (non-hydrogen) atoms. The Balaban J connectivity index is 2.00. The summed E-state index contributed by atoms with van der Waals surface area (Å²) in [5.74, 6) is 0. The molecule has 0 saturated carbocycles. The summed E-state index contributed by atoms with van der Waals surface area (Å²) < 4.78 is 12.1. The van der Waals surface area contributed by atoms with Crippen molar-refractivity contribution in [1.29, 1.82) is 0 Å². The number of unbranched alkanes of at least 4 members (excludes halogenated alkanes) is 8. The fraction of sp³-hybridized carbons (Fsp3) is 0.840. The van der Waals surface area contributed by atoms with Gasteiger partial charge >= 0.3 is 0 Å². The first kappa shape index (κ1) is 26.7. The molecule has 170 valence electrons. The Morgan fingerprint density at radius 1 is 0.897 bits per heavy atom. The van der Waals surface area contributed by atoms with Gasteiger partial charge in [-0.3, -0.25) is 0 Å². The van der Waals surface area contributed by atoms with E-state index >= 15 is 0 Å². The molecular weight excluding hydrogens is 388 g/mol. The minimum Gasteiger partial charge on any atom is -0.474 e. The molecule has 0 spiro atoms. The van der Waals surface area contributed by atoms with Crippen molar-refractivity contribution in [3.63, 3.8) is 0 Å². The number of furan rings is 1. The molecule has 1 aromatic rings. The van der Waals surface area contributed by atoms with Crippen LogP contribution in [0.5, 0.6) is 0 Å². The highest BCUT2D eigenvalue weighted by Gasteiger charge is 2.25. The largest absolute Gasteiger partial charge is 0.474 e. The first-order chi connectivity index (χ1) is 13.5. The van der Waals surface area contributed by atoms with Gasteiger partial charge in [-0.15, -0.1) is 0 Å². The van der Waals surface area contributed by atoms with Gasteiger partial charge in [0, 0.05) is 6.10 Å². The molecule has 0 fully saturated rings. The van der Waals surface area contributed by atoms with Gasteiger partial charge in [0.25, 0.3) is 0 Å². The SMILES string of the molecule is C[SiH](C)OC(CCCCCCCCCCCc1coc([Si](C)(C)C)c1)C(C)(C)C. The molecule has 1 heterocycles. The molecule has 1 atom stereocenters. The van der Waals surface area contributed by atoms with Crippen LogP contribution in [0.4, 0.5) is 0 Å². The van der Waals surface area contributed by atoms with Crippen LogP contribution in [-0.2, 0) is 10.8 Å². The molecule has 0 amide bonds. The summed E-state index contributed by atoms with van der Waals surface area (Å²) in [5, 5.41) is 1.25. The Bertz CT molecular complexity index is 538. The monoisotopic (exact) mass is 438 g/mol. The van der Waals surface area contributed by atoms with Crippen LogP contribution in [0.3, 0.4) is 0 Å². The van der Waals surface area contributed by atoms with Gasteiger partial charge in [-0.25, -0.2) is 0 Å². The number of aryl methyl sites for hydroxylation is 1. The van der Waals surface area contributed by atoms with Crippen molar-refractivity contribution in [3.05, 3.63) is 17.9 Å². The molecule has 1 rings (SSSR count). The Labute approximate surface area is 184 Å². The van der Waals surface area contributed by atoms with Crippen LogP contribution >= 0.6 is 0 Å². The second kappa shape index (κ2) is 13.2. The minimum atomic E-state index is -1.29. The van der Waals surface area contributed by atoms with Crippen LogP contribution in [0.15, 0.2) is 16.7 Å². The average Bonchev–Trinajstić information content (AvgIpc) is 3.06. The van der Waals surface area contributed by atoms with Gasteiger partial charge in [-0.1, -0.05) is 91.8 Å². The van der Waals surface area contributed by atoms with E-state index in [4.69, 9.17) is 8.84 Å². The summed E-state index contributed by atoms with van der Waals surface area (Å²) in [6.07, 6.45) is 17.2. The zero-order valence-electron chi connectivity index (χ0n) is 20.9. The van der Waals surface area contributed by atoms with E-state index in [1.54, 1.807) is 0 Å². The van der Waals surface area contributed by atoms with Gasteiger partial charge in [0.15, 0.2) is 9.04 Å². The topological polar surface area (TPSA) is 22.4 Å². The third-order valence-corrected chi connectivity index (χ3v) is 8.34. The Morgan fingerprint density at radius 3 is 1.86 bits per heavy atom. The predicted molar refractivity (Wildman–Crippen MR) is 135 cm³/mol. The Morgan fingerprint density at radius 2 is 1.41 bits per heavy atom. The van der Waals surface area contributed by atoms with Crippen LogP contribution in [0.1, 0.15) is 90.5 Å². The van der Waals surface area contributed by atoms with Crippen molar-refractivity contribution < 1.29 is 8.84 Å². The molecule has 0 N–H and O–H groups in total. The third kappa shape index (κ3) is 12.2. The maximum Gasteiger partial charge on any atom is 0.171 e. The van der Waals surface area contributed by atoms with E-state index in [-0.39, 0.29) is 5.41 Å². The summed E-state index contributed by atoms with van der Waals surface area (Å²) in [5.41, 5.74) is 1.68. The van der Waals surface area contributed by atoms with Crippen molar-refractivity contribution in [2.45, 2.75) is 130 Å². The molecule has 2 nitrogen and oxygen atoms in total. The lowest BCUT2D eigenvalue weighted by Gasteiger charge is -2.32. The molecule has 4 heteroatoms. The molecule has 0 radical (unpaired) electrons. The summed E-state index contributed by atoms with van der Waals surface area (Å²) in [7, 11) is -2.23. The summed E-state index contributed by atoms with van der Waals surface area (Å²) in [4.78, 5) is 0. The molecule has 1 unspecified atom stereocenters. The van der Waals surface area contributed by atoms with E-state index < -0.39 is 17.1 Å². The van der Waals surface area contributed by atoms with Gasteiger partial charge in [-0.05, 0) is 49.4 Å². The summed E-state index contributed by atoms with van der Waals surface area (Å²) in [6, 6.07) is 2.31. The molecule has 1 aromatic heterocycles. The van der Waals surface area contributed by atoms with E-state index in [2.05, 4.69) is 59.6 Å². The molecule has 0 aliphatic rings. The fourth-order valence-electron chi connectivity index (χ4n) is 3.83. The van der Waals surface area contributed by atoms with Gasteiger partial charge in [-0.2, -0.15) is 0 Å². The van der Waals surface area contributed by atoms with Crippen molar-refractivity contribution in [2.24, 2.45) is 5.41 Å². The molecule has 0 aliphatic heterocycles. The first-order valence-electron chi connectivity index (χ1n) is 12.2. The van der Waals surface area contributed by atoms with E-state index in [1.807, 2.05) is 6.26 Å². The highest BCUT2D eigenvalue weighted by Crippen LogP contribution is 2.27. The normalized spacial score (nSPS) is 14.0. The molecule has 0 aromatic carbocycles. The smallest absolute Gasteiger partial charge is 0.171 e. The van der Waals surface area contributed by atoms with Gasteiger partial charge < -0.3 is 8.84 Å². The highest BCUT2D eigenvalue weighted by molar-refractivity contribution is 6.87. The van der Waals surface area contributed by atoms with Crippen molar-refractivity contribution >= 4 is 22.5 Å². The lowest BCUT2D eigenvalue weighted by molar-refractivity contribution is 0.0759. The fourth-order valence-corrected chi connectivity index (χ4v) is 6.06. The van der Waals surface area contributed by atoms with E-state index in [0.29, 0.717) is 6.10 Å². The van der Waals surface area contributed by atoms with Gasteiger partial charge in [0.2, 0.25) is 0 Å². The average molecular weight is 439 g/mol. The van der Waals surface area contributed by atoms with E-state index in [1.165, 1.54) is 81.6 Å². The summed E-state index contributed by atoms with van der Waals surface area (Å²) >= 11 is 0. The number of hydrogen-bond acceptors (Lipinski definition) is 2. The second-order valence-electron chi connectivity index (χ2n) is 11.3. The highest BCUT2D eigenvalue weighted by atomic mass is 28.3. The van der Waals surface area contributed by atoms with Crippen molar-refractivity contribution in [1.82, 2.24) is 0 Å². The Kier molecular flexibility index (Phi) is 12.1. The second-order valence-corrected chi connectivity index (χ2v) is 18.7. The Hall–Kier alpha value is -0.326. The van der Waals surface area contributed by atoms with E-state index in [9.17, 15) is 0 Å². The summed E-state index contributed by atoms with van der Waals surface area (Å²) in [6.45, 7) is 18.6. The van der Waals surface area contributed by atoms with Crippen molar-refractivity contribution in [3.8, 4) is 0 Å². The molecule has 0 saturated heterocycles. The van der Waals surface area contributed by atoms with Gasteiger partial charge in [0.05, 0.1) is 11.6 Å². The number of hydrogen-bond donors (Lipinski definition) is 0. The quantitative estimate of drug-likeness (QED) is 0.207. The lowest BCUT2D eigenvalue weighted by atomic mass is 9.86. The van der Waals surface area contributed by atoms with Crippen LogP contribution < -0.4 is 5.38 Å². The van der Waals surface area contributed by atoms with E-state index in [0.717, 1.165) is 0 Å². The third-order valence-electron chi connectivity index (χ3n) is 5.73. The zero-order chi connectivity index (χ0) is 21.9. The standard InChI is InChI=1S/C25H50O2Si2/c1-25(2,3)23(27-28(4)5)19-17-15-13-11-9-10-12-14-16-18-22-20-24(26-21-22)29(6,7)8/h20-21,23,28H,9-19H2,1-8H3. The predicted octanol–water partition coefficient (Wildman–Crippen LogP) is 7.68. The molecule has 0 aliphatic carbocycles. The van der Waals surface area contributed by atoms with Crippen LogP contribution in [-0.4, -0.2) is 23.2 Å². The molecule has 0 bridgehead atoms. The maximum absolute atomic E-state index is 6.28. The number of rotatable bonds is 15. The lowest BCUT2D eigenvalue weighted by Crippen LogP contribution is -2.36. The maximum atomic E-state index is 6.28. The van der Waals surface area contributed by atoms with Gasteiger partial charge in [0.1, 0.15) is 8.07 Å². The van der Waals surface area contributed by atoms with Crippen LogP contribution in [0.2, 0.25) is 32.7 Å². The molecular formula is C25H50O2Si2. The zero-order valence-corrected chi connectivity index (χ0v) is 23.1.